The molecule has 1 N–H and O–H groups in total. The average molecular weight is 343 g/mol. The Morgan fingerprint density at radius 2 is 2.04 bits per heavy atom. The van der Waals surface area contributed by atoms with E-state index in [9.17, 15) is 14.9 Å². The number of nitrogens with zero attached hydrogens (tertiary/aromatic N) is 2. The largest absolute Gasteiger partial charge is 0.450 e. The number of nitrogens with one attached hydrogen (secondary N) is 1. The first kappa shape index (κ1) is 17.3. The Labute approximate surface area is 142 Å². The molecule has 2 aromatic carbocycles. The van der Waals surface area contributed by atoms with Gasteiger partial charge in [-0.1, -0.05) is 0 Å². The predicted molar refractivity (Wildman–Crippen MR) is 91.3 cm³/mol. The van der Waals surface area contributed by atoms with Crippen LogP contribution in [-0.4, -0.2) is 22.8 Å². The third-order valence-corrected chi connectivity index (χ3v) is 3.48. The lowest BCUT2D eigenvalue weighted by atomic mass is 10.2. The Morgan fingerprint density at radius 3 is 2.62 bits per heavy atom. The molecule has 2 aromatic rings. The molecule has 2 rings (SSSR count). The Kier molecular flexibility index (Phi) is 5.76. The van der Waals surface area contributed by atoms with Gasteiger partial charge >= 0.3 is 5.69 Å². The van der Waals surface area contributed by atoms with Gasteiger partial charge in [0.15, 0.2) is 0 Å². The molecular weight excluding hydrogens is 330 g/mol. The summed E-state index contributed by atoms with van der Waals surface area (Å²) in [6.07, 6.45) is 1.83. The fraction of sp³-hybridized carbons (Fsp3) is 0.125. The number of hydrogen-bond acceptors (Lipinski definition) is 6. The minimum atomic E-state index is -0.604. The maximum absolute atomic E-state index is 11.5. The lowest BCUT2D eigenvalue weighted by Crippen LogP contribution is -2.13. The molecule has 0 saturated carbocycles. The lowest BCUT2D eigenvalue weighted by Gasteiger charge is -2.08. The van der Waals surface area contributed by atoms with E-state index in [2.05, 4.69) is 5.32 Å². The smallest absolute Gasteiger partial charge is 0.312 e. The number of benzene rings is 2. The van der Waals surface area contributed by atoms with Gasteiger partial charge in [-0.3, -0.25) is 14.9 Å². The molecule has 0 spiro atoms. The first-order valence-corrected chi connectivity index (χ1v) is 8.18. The lowest BCUT2D eigenvalue weighted by molar-refractivity contribution is -0.385. The molecule has 0 bridgehead atoms. The van der Waals surface area contributed by atoms with E-state index in [0.29, 0.717) is 17.2 Å². The summed E-state index contributed by atoms with van der Waals surface area (Å²) in [5.74, 6) is 0.665. The van der Waals surface area contributed by atoms with E-state index in [1.165, 1.54) is 23.9 Å². The highest BCUT2D eigenvalue weighted by atomic mass is 32.2. The number of amides is 1. The molecule has 1 amide bonds. The molecule has 0 saturated heterocycles. The molecule has 0 aliphatic carbocycles. The zero-order valence-electron chi connectivity index (χ0n) is 12.7. The first-order chi connectivity index (χ1) is 11.5. The van der Waals surface area contributed by atoms with Crippen molar-refractivity contribution >= 4 is 29.0 Å². The molecule has 24 heavy (non-hydrogen) atoms. The van der Waals surface area contributed by atoms with Gasteiger partial charge in [0.2, 0.25) is 11.7 Å². The third kappa shape index (κ3) is 4.47. The topological polar surface area (TPSA) is 105 Å². The van der Waals surface area contributed by atoms with E-state index < -0.39 is 4.92 Å². The third-order valence-electron chi connectivity index (χ3n) is 2.93. The van der Waals surface area contributed by atoms with E-state index in [1.54, 1.807) is 24.3 Å². The fourth-order valence-corrected chi connectivity index (χ4v) is 2.21. The van der Waals surface area contributed by atoms with Crippen LogP contribution in [0.3, 0.4) is 0 Å². The van der Waals surface area contributed by atoms with E-state index in [-0.39, 0.29) is 22.9 Å². The van der Waals surface area contributed by atoms with Crippen molar-refractivity contribution in [3.8, 4) is 17.6 Å². The Hall–Kier alpha value is -3.05. The van der Waals surface area contributed by atoms with E-state index in [1.807, 2.05) is 12.3 Å². The Balaban J connectivity index is 2.16. The molecule has 0 aliphatic rings. The Morgan fingerprint density at radius 1 is 1.33 bits per heavy atom. The van der Waals surface area contributed by atoms with Crippen molar-refractivity contribution in [2.75, 3.05) is 17.3 Å². The van der Waals surface area contributed by atoms with E-state index >= 15 is 0 Å². The summed E-state index contributed by atoms with van der Waals surface area (Å²) in [4.78, 5) is 22.0. The number of carbonyl (C=O) groups is 1. The summed E-state index contributed by atoms with van der Waals surface area (Å²) in [5.41, 5.74) is 0.503. The number of nitro groups is 1. The van der Waals surface area contributed by atoms with Crippen LogP contribution in [0.25, 0.3) is 0 Å². The second kappa shape index (κ2) is 7.99. The molecule has 0 aliphatic heterocycles. The molecule has 7 nitrogen and oxygen atoms in total. The standard InChI is InChI=1S/C16H13N3O4S/c1-24-10-16(20)18-12-3-5-13(6-4-12)23-15-7-2-11(9-17)8-14(15)19(21)22/h2-8H,10H2,1H3,(H,18,20). The van der Waals surface area contributed by atoms with Crippen LogP contribution in [0, 0.1) is 21.4 Å². The van der Waals surface area contributed by atoms with Crippen LogP contribution in [0.5, 0.6) is 11.5 Å². The van der Waals surface area contributed by atoms with Crippen molar-refractivity contribution in [2.45, 2.75) is 0 Å². The highest BCUT2D eigenvalue weighted by molar-refractivity contribution is 7.99. The molecule has 0 heterocycles. The van der Waals surface area contributed by atoms with E-state index in [4.69, 9.17) is 10.00 Å². The summed E-state index contributed by atoms with van der Waals surface area (Å²) >= 11 is 1.42. The first-order valence-electron chi connectivity index (χ1n) is 6.78. The van der Waals surface area contributed by atoms with Gasteiger partial charge in [0.1, 0.15) is 5.75 Å². The van der Waals surface area contributed by atoms with Gasteiger partial charge in [0.25, 0.3) is 0 Å². The summed E-state index contributed by atoms with van der Waals surface area (Å²) < 4.78 is 5.51. The molecule has 122 valence electrons. The zero-order chi connectivity index (χ0) is 17.5. The minimum Gasteiger partial charge on any atom is -0.450 e. The normalized spacial score (nSPS) is 9.83. The fourth-order valence-electron chi connectivity index (χ4n) is 1.88. The molecule has 8 heteroatoms. The maximum Gasteiger partial charge on any atom is 0.312 e. The van der Waals surface area contributed by atoms with Crippen molar-refractivity contribution in [3.05, 3.63) is 58.1 Å². The summed E-state index contributed by atoms with van der Waals surface area (Å²) in [6.45, 7) is 0. The summed E-state index contributed by atoms with van der Waals surface area (Å²) in [7, 11) is 0. The minimum absolute atomic E-state index is 0.0400. The number of nitriles is 1. The van der Waals surface area contributed by atoms with Gasteiger partial charge in [0, 0.05) is 11.8 Å². The van der Waals surface area contributed by atoms with Gasteiger partial charge in [0.05, 0.1) is 22.3 Å². The van der Waals surface area contributed by atoms with Crippen LogP contribution in [0.4, 0.5) is 11.4 Å². The number of nitro benzene ring substituents is 1. The molecule has 0 aromatic heterocycles. The molecule has 0 unspecified atom stereocenters. The van der Waals surface area contributed by atoms with Crippen LogP contribution in [0.15, 0.2) is 42.5 Å². The van der Waals surface area contributed by atoms with Gasteiger partial charge in [-0.2, -0.15) is 17.0 Å². The molecule has 0 fully saturated rings. The Bertz CT molecular complexity index is 800. The van der Waals surface area contributed by atoms with Crippen LogP contribution < -0.4 is 10.1 Å². The second-order valence-corrected chi connectivity index (χ2v) is 5.53. The summed E-state index contributed by atoms with van der Waals surface area (Å²) in [6, 6.07) is 12.3. The van der Waals surface area contributed by atoms with Crippen LogP contribution in [0.1, 0.15) is 5.56 Å². The van der Waals surface area contributed by atoms with Crippen molar-refractivity contribution < 1.29 is 14.5 Å². The van der Waals surface area contributed by atoms with Crippen LogP contribution >= 0.6 is 11.8 Å². The second-order valence-electron chi connectivity index (χ2n) is 4.66. The molecular formula is C16H13N3O4S. The summed E-state index contributed by atoms with van der Waals surface area (Å²) in [5, 5.41) is 22.6. The number of anilines is 1. The zero-order valence-corrected chi connectivity index (χ0v) is 13.5. The van der Waals surface area contributed by atoms with Gasteiger partial charge < -0.3 is 10.1 Å². The highest BCUT2D eigenvalue weighted by Gasteiger charge is 2.17. The molecule has 0 atom stereocenters. The quantitative estimate of drug-likeness (QED) is 0.635. The molecule has 0 radical (unpaired) electrons. The number of hydrogen-bond donors (Lipinski definition) is 1. The van der Waals surface area contributed by atoms with Crippen molar-refractivity contribution in [1.82, 2.24) is 0 Å². The average Bonchev–Trinajstić information content (AvgIpc) is 2.57. The van der Waals surface area contributed by atoms with Crippen molar-refractivity contribution in [1.29, 1.82) is 5.26 Å². The van der Waals surface area contributed by atoms with Crippen molar-refractivity contribution in [2.24, 2.45) is 0 Å². The number of carbonyl (C=O) groups excluding carboxylic acids is 1. The predicted octanol–water partition coefficient (Wildman–Crippen LogP) is 3.56. The number of ether oxygens (including phenoxy) is 1. The van der Waals surface area contributed by atoms with Gasteiger partial charge in [-0.25, -0.2) is 0 Å². The SMILES string of the molecule is CSCC(=O)Nc1ccc(Oc2ccc(C#N)cc2[N+](=O)[O-])cc1. The number of rotatable bonds is 6. The van der Waals surface area contributed by atoms with Crippen LogP contribution in [-0.2, 0) is 4.79 Å². The highest BCUT2D eigenvalue weighted by Crippen LogP contribution is 2.32. The van der Waals surface area contributed by atoms with Gasteiger partial charge in [-0.15, -0.1) is 0 Å². The van der Waals surface area contributed by atoms with Crippen molar-refractivity contribution in [3.63, 3.8) is 0 Å². The monoisotopic (exact) mass is 343 g/mol. The van der Waals surface area contributed by atoms with Crippen LogP contribution in [0.2, 0.25) is 0 Å². The number of thioether (sulfide) groups is 1. The van der Waals surface area contributed by atoms with E-state index in [0.717, 1.165) is 6.07 Å². The van der Waals surface area contributed by atoms with Gasteiger partial charge in [-0.05, 0) is 42.7 Å². The maximum atomic E-state index is 11.5.